The maximum Gasteiger partial charge on any atom is 0.243 e. The van der Waals surface area contributed by atoms with Gasteiger partial charge in [-0.3, -0.25) is 9.59 Å². The van der Waals surface area contributed by atoms with Crippen LogP contribution in [0.4, 0.5) is 0 Å². The number of amides is 2. The zero-order valence-corrected chi connectivity index (χ0v) is 24.0. The Morgan fingerprint density at radius 2 is 1.50 bits per heavy atom. The van der Waals surface area contributed by atoms with E-state index in [9.17, 15) is 9.59 Å². The van der Waals surface area contributed by atoms with Crippen molar-refractivity contribution >= 4 is 11.8 Å². The van der Waals surface area contributed by atoms with E-state index < -0.39 is 6.04 Å². The summed E-state index contributed by atoms with van der Waals surface area (Å²) in [7, 11) is 0. The molecule has 0 aliphatic heterocycles. The third-order valence-corrected chi connectivity index (χ3v) is 6.84. The number of nitrogens with one attached hydrogen (secondary N) is 1. The smallest absolute Gasteiger partial charge is 0.243 e. The van der Waals surface area contributed by atoms with Crippen molar-refractivity contribution in [3.8, 4) is 0 Å². The van der Waals surface area contributed by atoms with Gasteiger partial charge in [0.05, 0.1) is 0 Å². The highest BCUT2D eigenvalue weighted by atomic mass is 16.2. The molecular weight excluding hydrogens is 468 g/mol. The summed E-state index contributed by atoms with van der Waals surface area (Å²) in [5.74, 6) is 0.221. The van der Waals surface area contributed by atoms with Crippen LogP contribution in [0, 0.1) is 12.8 Å². The van der Waals surface area contributed by atoms with Crippen LogP contribution in [0.25, 0.3) is 0 Å². The molecule has 0 fully saturated rings. The number of carbonyl (C=O) groups is 2. The molecule has 0 aliphatic carbocycles. The quantitative estimate of drug-likeness (QED) is 0.313. The molecule has 0 aromatic heterocycles. The van der Waals surface area contributed by atoms with E-state index in [1.54, 1.807) is 4.90 Å². The largest absolute Gasteiger partial charge is 0.354 e. The summed E-state index contributed by atoms with van der Waals surface area (Å²) >= 11 is 0. The van der Waals surface area contributed by atoms with Gasteiger partial charge in [0, 0.05) is 25.9 Å². The molecule has 0 bridgehead atoms. The molecule has 3 aromatic rings. The zero-order valence-electron chi connectivity index (χ0n) is 24.0. The Kier molecular flexibility index (Phi) is 10.3. The van der Waals surface area contributed by atoms with Crippen LogP contribution in [0.1, 0.15) is 68.9 Å². The first kappa shape index (κ1) is 29.2. The lowest BCUT2D eigenvalue weighted by Gasteiger charge is -2.32. The molecule has 1 atom stereocenters. The normalized spacial score (nSPS) is 12.3. The lowest BCUT2D eigenvalue weighted by atomic mass is 9.86. The minimum atomic E-state index is -0.590. The van der Waals surface area contributed by atoms with Gasteiger partial charge >= 0.3 is 0 Å². The van der Waals surface area contributed by atoms with E-state index in [0.29, 0.717) is 38.3 Å². The van der Waals surface area contributed by atoms with Crippen molar-refractivity contribution in [3.63, 3.8) is 0 Å². The van der Waals surface area contributed by atoms with Crippen molar-refractivity contribution in [2.75, 3.05) is 6.54 Å². The molecule has 1 unspecified atom stereocenters. The summed E-state index contributed by atoms with van der Waals surface area (Å²) in [6, 6.07) is 26.1. The van der Waals surface area contributed by atoms with E-state index in [4.69, 9.17) is 0 Å². The SMILES string of the molecule is Cc1cccc(CN(C(=O)CCc2ccc(C(C)(C)C)cc2)C(Cc2ccccc2)C(=O)NCC(C)C)c1. The average molecular weight is 513 g/mol. The van der Waals surface area contributed by atoms with E-state index in [1.165, 1.54) is 5.56 Å². The summed E-state index contributed by atoms with van der Waals surface area (Å²) in [4.78, 5) is 29.2. The Labute approximate surface area is 229 Å². The minimum Gasteiger partial charge on any atom is -0.354 e. The fourth-order valence-electron chi connectivity index (χ4n) is 4.55. The Morgan fingerprint density at radius 1 is 0.842 bits per heavy atom. The standard InChI is InChI=1S/C34H44N2O2/c1-25(2)23-35-33(38)31(22-28-12-8-7-9-13-28)36(24-29-14-10-11-26(3)21-29)32(37)20-17-27-15-18-30(19-16-27)34(4,5)6/h7-16,18-19,21,25,31H,17,20,22-24H2,1-6H3,(H,35,38). The van der Waals surface area contributed by atoms with Crippen LogP contribution in [-0.2, 0) is 34.4 Å². The molecule has 0 saturated heterocycles. The fourth-order valence-corrected chi connectivity index (χ4v) is 4.55. The number of hydrogen-bond donors (Lipinski definition) is 1. The predicted octanol–water partition coefficient (Wildman–Crippen LogP) is 6.64. The van der Waals surface area contributed by atoms with Gasteiger partial charge < -0.3 is 10.2 Å². The molecule has 0 saturated carbocycles. The maximum atomic E-state index is 13.9. The van der Waals surface area contributed by atoms with Crippen LogP contribution in [-0.4, -0.2) is 29.3 Å². The zero-order chi connectivity index (χ0) is 27.7. The molecule has 2 amide bonds. The number of carbonyl (C=O) groups excluding carboxylic acids is 2. The van der Waals surface area contributed by atoms with Crippen molar-refractivity contribution in [2.24, 2.45) is 5.92 Å². The second-order valence-electron chi connectivity index (χ2n) is 11.8. The van der Waals surface area contributed by atoms with Gasteiger partial charge in [-0.15, -0.1) is 0 Å². The third-order valence-electron chi connectivity index (χ3n) is 6.84. The highest BCUT2D eigenvalue weighted by Crippen LogP contribution is 2.23. The summed E-state index contributed by atoms with van der Waals surface area (Å²) in [6.07, 6.45) is 1.46. The number of rotatable bonds is 11. The van der Waals surface area contributed by atoms with Gasteiger partial charge in [-0.05, 0) is 46.9 Å². The van der Waals surface area contributed by atoms with Crippen molar-refractivity contribution in [1.29, 1.82) is 0 Å². The van der Waals surface area contributed by atoms with Gasteiger partial charge in [0.25, 0.3) is 0 Å². The highest BCUT2D eigenvalue weighted by Gasteiger charge is 2.30. The van der Waals surface area contributed by atoms with Gasteiger partial charge in [-0.25, -0.2) is 0 Å². The number of benzene rings is 3. The molecule has 4 heteroatoms. The van der Waals surface area contributed by atoms with Crippen molar-refractivity contribution < 1.29 is 9.59 Å². The van der Waals surface area contributed by atoms with E-state index in [0.717, 1.165) is 22.3 Å². The Bertz CT molecular complexity index is 1180. The van der Waals surface area contributed by atoms with Crippen LogP contribution in [0.5, 0.6) is 0 Å². The van der Waals surface area contributed by atoms with Crippen molar-refractivity contribution in [1.82, 2.24) is 10.2 Å². The van der Waals surface area contributed by atoms with Crippen molar-refractivity contribution in [3.05, 3.63) is 107 Å². The fraction of sp³-hybridized carbons (Fsp3) is 0.412. The van der Waals surface area contributed by atoms with Gasteiger partial charge in [-0.2, -0.15) is 0 Å². The second-order valence-corrected chi connectivity index (χ2v) is 11.8. The van der Waals surface area contributed by atoms with Crippen LogP contribution >= 0.6 is 0 Å². The first-order chi connectivity index (χ1) is 18.0. The topological polar surface area (TPSA) is 49.4 Å². The predicted molar refractivity (Wildman–Crippen MR) is 157 cm³/mol. The Balaban J connectivity index is 1.87. The van der Waals surface area contributed by atoms with Gasteiger partial charge in [-0.1, -0.05) is 119 Å². The minimum absolute atomic E-state index is 0.00738. The third kappa shape index (κ3) is 8.86. The number of aryl methyl sites for hydroxylation is 2. The van der Waals surface area contributed by atoms with E-state index in [1.807, 2.05) is 55.5 Å². The lowest BCUT2D eigenvalue weighted by Crippen LogP contribution is -2.51. The summed E-state index contributed by atoms with van der Waals surface area (Å²) < 4.78 is 0. The average Bonchev–Trinajstić information content (AvgIpc) is 2.88. The number of nitrogens with zero attached hydrogens (tertiary/aromatic N) is 1. The van der Waals surface area contributed by atoms with Gasteiger partial charge in [0.15, 0.2) is 0 Å². The lowest BCUT2D eigenvalue weighted by molar-refractivity contribution is -0.141. The molecule has 0 aliphatic rings. The molecule has 4 nitrogen and oxygen atoms in total. The van der Waals surface area contributed by atoms with Crippen LogP contribution < -0.4 is 5.32 Å². The maximum absolute atomic E-state index is 13.9. The Hall–Kier alpha value is -3.40. The highest BCUT2D eigenvalue weighted by molar-refractivity contribution is 5.88. The van der Waals surface area contributed by atoms with E-state index in [2.05, 4.69) is 70.3 Å². The molecule has 0 radical (unpaired) electrons. The van der Waals surface area contributed by atoms with Crippen LogP contribution in [0.2, 0.25) is 0 Å². The summed E-state index contributed by atoms with van der Waals surface area (Å²) in [5, 5.41) is 3.10. The molecule has 1 N–H and O–H groups in total. The molecule has 0 spiro atoms. The molecule has 3 rings (SSSR count). The molecule has 0 heterocycles. The summed E-state index contributed by atoms with van der Waals surface area (Å²) in [5.41, 5.74) is 5.70. The van der Waals surface area contributed by atoms with Gasteiger partial charge in [0.1, 0.15) is 6.04 Å². The Morgan fingerprint density at radius 3 is 2.11 bits per heavy atom. The van der Waals surface area contributed by atoms with Crippen LogP contribution in [0.3, 0.4) is 0 Å². The van der Waals surface area contributed by atoms with Crippen molar-refractivity contribution in [2.45, 2.75) is 78.8 Å². The van der Waals surface area contributed by atoms with E-state index >= 15 is 0 Å². The summed E-state index contributed by atoms with van der Waals surface area (Å²) in [6.45, 7) is 13.8. The van der Waals surface area contributed by atoms with Crippen LogP contribution in [0.15, 0.2) is 78.9 Å². The molecule has 202 valence electrons. The molecular formula is C34H44N2O2. The second kappa shape index (κ2) is 13.4. The number of hydrogen-bond acceptors (Lipinski definition) is 2. The first-order valence-corrected chi connectivity index (χ1v) is 13.8. The monoisotopic (exact) mass is 512 g/mol. The van der Waals surface area contributed by atoms with Gasteiger partial charge in [0.2, 0.25) is 11.8 Å². The van der Waals surface area contributed by atoms with E-state index in [-0.39, 0.29) is 17.2 Å². The molecule has 3 aromatic carbocycles. The first-order valence-electron chi connectivity index (χ1n) is 13.8. The molecule has 38 heavy (non-hydrogen) atoms.